The van der Waals surface area contributed by atoms with Crippen LogP contribution in [0.3, 0.4) is 0 Å². The summed E-state index contributed by atoms with van der Waals surface area (Å²) in [4.78, 5) is 25.8. The Morgan fingerprint density at radius 2 is 1.62 bits per heavy atom. The third-order valence-corrected chi connectivity index (χ3v) is 5.33. The Morgan fingerprint density at radius 3 is 2.31 bits per heavy atom. The third-order valence-electron chi connectivity index (χ3n) is 5.33. The van der Waals surface area contributed by atoms with Crippen LogP contribution in [0, 0.1) is 0 Å². The predicted molar refractivity (Wildman–Crippen MR) is 120 cm³/mol. The van der Waals surface area contributed by atoms with Crippen molar-refractivity contribution in [2.45, 2.75) is 12.1 Å². The number of hydrogen-bond donors (Lipinski definition) is 2. The van der Waals surface area contributed by atoms with Gasteiger partial charge in [0, 0.05) is 11.1 Å². The highest BCUT2D eigenvalue weighted by Gasteiger charge is 2.48. The zero-order chi connectivity index (χ0) is 22.5. The molecule has 1 aliphatic rings. The number of hydrazine groups is 1. The molecule has 32 heavy (non-hydrogen) atoms. The monoisotopic (exact) mass is 430 g/mol. The van der Waals surface area contributed by atoms with Crippen molar-refractivity contribution in [2.75, 3.05) is 14.2 Å². The van der Waals surface area contributed by atoms with Crippen molar-refractivity contribution in [3.8, 4) is 11.5 Å². The van der Waals surface area contributed by atoms with E-state index in [0.717, 1.165) is 11.1 Å². The van der Waals surface area contributed by atoms with Crippen LogP contribution in [0.2, 0.25) is 0 Å². The van der Waals surface area contributed by atoms with Crippen LogP contribution in [-0.2, 0) is 4.79 Å². The summed E-state index contributed by atoms with van der Waals surface area (Å²) in [7, 11) is 3.19. The topological polar surface area (TPSA) is 79.7 Å². The number of amides is 2. The molecule has 1 heterocycles. The molecule has 2 N–H and O–H groups in total. The molecule has 0 aliphatic carbocycles. The zero-order valence-electron chi connectivity index (χ0n) is 17.8. The lowest BCUT2D eigenvalue weighted by molar-refractivity contribution is -0.596. The molecule has 3 aromatic rings. The molecule has 7 nitrogen and oxygen atoms in total. The summed E-state index contributed by atoms with van der Waals surface area (Å²) in [6.45, 7) is 0. The first kappa shape index (κ1) is 21.1. The number of ether oxygens (including phenoxy) is 2. The van der Waals surface area contributed by atoms with E-state index in [2.05, 4.69) is 10.7 Å². The maximum Gasteiger partial charge on any atom is 0.304 e. The smallest absolute Gasteiger partial charge is 0.304 e. The number of benzene rings is 3. The Morgan fingerprint density at radius 1 is 0.938 bits per heavy atom. The standard InChI is InChI=1S/C25H23N3O4/c1-31-20-14-12-17(13-15-20)23-22(26-24(29)18-8-4-3-5-9-18)25(30)27-28(23)16-19-10-6-7-11-21(19)32-2/h3-16,22-23H,1-2H3,(H-,26,27,29,30)/p+1/b28-16-/t22-,23-/m0/s1. The summed E-state index contributed by atoms with van der Waals surface area (Å²) in [5.41, 5.74) is 5.00. The molecule has 0 unspecified atom stereocenters. The van der Waals surface area contributed by atoms with Gasteiger partial charge in [-0.15, -0.1) is 10.1 Å². The molecule has 0 bridgehead atoms. The van der Waals surface area contributed by atoms with E-state index in [1.807, 2.05) is 54.6 Å². The predicted octanol–water partition coefficient (Wildman–Crippen LogP) is 2.72. The summed E-state index contributed by atoms with van der Waals surface area (Å²) in [6.07, 6.45) is 1.81. The fourth-order valence-corrected chi connectivity index (χ4v) is 3.72. The fraction of sp³-hybridized carbons (Fsp3) is 0.160. The summed E-state index contributed by atoms with van der Waals surface area (Å²) < 4.78 is 12.4. The van der Waals surface area contributed by atoms with Crippen LogP contribution in [0.25, 0.3) is 0 Å². The molecule has 0 radical (unpaired) electrons. The maximum atomic E-state index is 13.0. The number of carbonyl (C=O) groups excluding carboxylic acids is 2. The van der Waals surface area contributed by atoms with Gasteiger partial charge in [0.25, 0.3) is 5.91 Å². The first-order chi connectivity index (χ1) is 15.6. The van der Waals surface area contributed by atoms with Crippen LogP contribution in [0.5, 0.6) is 11.5 Å². The van der Waals surface area contributed by atoms with Gasteiger partial charge in [0.05, 0.1) is 19.8 Å². The first-order valence-electron chi connectivity index (χ1n) is 10.2. The van der Waals surface area contributed by atoms with E-state index in [1.54, 1.807) is 49.4 Å². The molecule has 2 atom stereocenters. The SMILES string of the molecule is COc1ccc([C@H]2[C@H](NC(=O)c3ccccc3)C(=O)N/[N+]2=C\c2ccccc2OC)cc1. The molecule has 1 saturated heterocycles. The molecule has 3 aromatic carbocycles. The summed E-state index contributed by atoms with van der Waals surface area (Å²) >= 11 is 0. The number of rotatable bonds is 6. The van der Waals surface area contributed by atoms with Crippen LogP contribution < -0.4 is 20.2 Å². The summed E-state index contributed by atoms with van der Waals surface area (Å²) in [5.74, 6) is 0.757. The van der Waals surface area contributed by atoms with Gasteiger partial charge >= 0.3 is 5.91 Å². The van der Waals surface area contributed by atoms with Crippen LogP contribution >= 0.6 is 0 Å². The second-order valence-corrected chi connectivity index (χ2v) is 7.29. The van der Waals surface area contributed by atoms with E-state index in [4.69, 9.17) is 9.47 Å². The van der Waals surface area contributed by atoms with E-state index in [9.17, 15) is 9.59 Å². The molecular weight excluding hydrogens is 406 g/mol. The van der Waals surface area contributed by atoms with Crippen molar-refractivity contribution >= 4 is 18.0 Å². The van der Waals surface area contributed by atoms with Gasteiger partial charge in [-0.25, -0.2) is 0 Å². The van der Waals surface area contributed by atoms with Gasteiger partial charge < -0.3 is 14.8 Å². The Balaban J connectivity index is 1.73. The second-order valence-electron chi connectivity index (χ2n) is 7.29. The van der Waals surface area contributed by atoms with Gasteiger partial charge in [-0.1, -0.05) is 30.3 Å². The molecule has 0 aromatic heterocycles. The summed E-state index contributed by atoms with van der Waals surface area (Å²) in [5, 5.41) is 2.89. The normalized spacial score (nSPS) is 18.8. The minimum absolute atomic E-state index is 0.304. The number of hydrazone groups is 1. The average Bonchev–Trinajstić information content (AvgIpc) is 3.14. The molecule has 0 saturated carbocycles. The van der Waals surface area contributed by atoms with E-state index in [1.165, 1.54) is 0 Å². The number of hydrogen-bond acceptors (Lipinski definition) is 4. The minimum atomic E-state index is -0.804. The van der Waals surface area contributed by atoms with Crippen LogP contribution in [0.15, 0.2) is 78.9 Å². The fourth-order valence-electron chi connectivity index (χ4n) is 3.72. The van der Waals surface area contributed by atoms with Crippen molar-refractivity contribution in [1.29, 1.82) is 0 Å². The van der Waals surface area contributed by atoms with Crippen molar-refractivity contribution in [3.63, 3.8) is 0 Å². The zero-order valence-corrected chi connectivity index (χ0v) is 17.8. The van der Waals surface area contributed by atoms with Gasteiger partial charge in [0.15, 0.2) is 6.04 Å². The van der Waals surface area contributed by atoms with Gasteiger partial charge in [0.2, 0.25) is 12.3 Å². The lowest BCUT2D eigenvalue weighted by atomic mass is 9.99. The molecular formula is C25H24N3O4+. The average molecular weight is 430 g/mol. The number of methoxy groups -OCH3 is 2. The van der Waals surface area contributed by atoms with Crippen molar-refractivity contribution in [1.82, 2.24) is 10.7 Å². The lowest BCUT2D eigenvalue weighted by Crippen LogP contribution is -2.42. The third kappa shape index (κ3) is 4.32. The Bertz CT molecular complexity index is 1140. The highest BCUT2D eigenvalue weighted by molar-refractivity contribution is 5.98. The second kappa shape index (κ2) is 9.34. The van der Waals surface area contributed by atoms with Crippen LogP contribution in [-0.4, -0.2) is 43.0 Å². The van der Waals surface area contributed by atoms with Gasteiger partial charge in [0.1, 0.15) is 11.5 Å². The largest absolute Gasteiger partial charge is 0.497 e. The molecule has 0 spiro atoms. The number of nitrogens with zero attached hydrogens (tertiary/aromatic N) is 1. The lowest BCUT2D eigenvalue weighted by Gasteiger charge is -2.15. The van der Waals surface area contributed by atoms with Crippen molar-refractivity contribution < 1.29 is 23.7 Å². The van der Waals surface area contributed by atoms with E-state index < -0.39 is 12.1 Å². The van der Waals surface area contributed by atoms with Crippen molar-refractivity contribution in [2.24, 2.45) is 0 Å². The minimum Gasteiger partial charge on any atom is -0.497 e. The number of nitrogens with one attached hydrogen (secondary N) is 2. The quantitative estimate of drug-likeness (QED) is 0.590. The van der Waals surface area contributed by atoms with Gasteiger partial charge in [-0.3, -0.25) is 9.59 Å². The Hall–Kier alpha value is -4.13. The number of carbonyl (C=O) groups is 2. The van der Waals surface area contributed by atoms with Crippen LogP contribution in [0.4, 0.5) is 0 Å². The highest BCUT2D eigenvalue weighted by atomic mass is 16.5. The van der Waals surface area contributed by atoms with Crippen LogP contribution in [0.1, 0.15) is 27.5 Å². The molecule has 7 heteroatoms. The molecule has 1 fully saturated rings. The summed E-state index contributed by atoms with van der Waals surface area (Å²) in [6, 6.07) is 22.5. The van der Waals surface area contributed by atoms with Gasteiger partial charge in [-0.2, -0.15) is 0 Å². The van der Waals surface area contributed by atoms with E-state index >= 15 is 0 Å². The van der Waals surface area contributed by atoms with E-state index in [0.29, 0.717) is 17.1 Å². The van der Waals surface area contributed by atoms with E-state index in [-0.39, 0.29) is 11.8 Å². The van der Waals surface area contributed by atoms with Gasteiger partial charge in [-0.05, 0) is 48.5 Å². The molecule has 4 rings (SSSR count). The van der Waals surface area contributed by atoms with Crippen molar-refractivity contribution in [3.05, 3.63) is 95.6 Å². The molecule has 2 amide bonds. The Labute approximate surface area is 186 Å². The Kier molecular flexibility index (Phi) is 6.17. The first-order valence-corrected chi connectivity index (χ1v) is 10.2. The number of para-hydroxylation sites is 1. The molecule has 162 valence electrons. The maximum absolute atomic E-state index is 13.0. The highest BCUT2D eigenvalue weighted by Crippen LogP contribution is 2.28. The molecule has 1 aliphatic heterocycles.